The normalized spacial score (nSPS) is 14.8. The first-order valence-corrected chi connectivity index (χ1v) is 7.81. The molecule has 1 aliphatic heterocycles. The standard InChI is InChI=1S/C17H17F2N5/c1-24-9-23-15-8-22-17(4-16(15)24)21-7-12-13(18)2-10(3-14(12)19)11-5-20-6-11/h2-4,8-9,11,20H,5-7H2,1H3,(H,21,22). The van der Waals surface area contributed by atoms with Gasteiger partial charge in [-0.25, -0.2) is 18.7 Å². The zero-order valence-electron chi connectivity index (χ0n) is 13.2. The molecule has 0 radical (unpaired) electrons. The molecule has 124 valence electrons. The Kier molecular flexibility index (Phi) is 3.65. The summed E-state index contributed by atoms with van der Waals surface area (Å²) in [5.41, 5.74) is 2.42. The van der Waals surface area contributed by atoms with Crippen LogP contribution in [0.4, 0.5) is 14.6 Å². The number of fused-ring (bicyclic) bond motifs is 1. The molecule has 0 aliphatic carbocycles. The molecule has 3 heterocycles. The van der Waals surface area contributed by atoms with Gasteiger partial charge >= 0.3 is 0 Å². The summed E-state index contributed by atoms with van der Waals surface area (Å²) in [4.78, 5) is 8.42. The van der Waals surface area contributed by atoms with Crippen molar-refractivity contribution in [2.24, 2.45) is 7.05 Å². The van der Waals surface area contributed by atoms with Gasteiger partial charge in [-0.15, -0.1) is 0 Å². The average Bonchev–Trinajstić information content (AvgIpc) is 2.86. The number of imidazole rings is 1. The van der Waals surface area contributed by atoms with Crippen molar-refractivity contribution in [3.63, 3.8) is 0 Å². The molecule has 0 bridgehead atoms. The fourth-order valence-electron chi connectivity index (χ4n) is 2.86. The number of hydrogen-bond acceptors (Lipinski definition) is 4. The summed E-state index contributed by atoms with van der Waals surface area (Å²) in [5.74, 6) is -0.292. The molecule has 2 N–H and O–H groups in total. The molecule has 0 saturated carbocycles. The number of pyridine rings is 1. The first kappa shape index (κ1) is 15.0. The Hall–Kier alpha value is -2.54. The number of rotatable bonds is 4. The van der Waals surface area contributed by atoms with Crippen molar-refractivity contribution in [3.05, 3.63) is 53.5 Å². The summed E-state index contributed by atoms with van der Waals surface area (Å²) in [5, 5.41) is 6.09. The van der Waals surface area contributed by atoms with E-state index in [4.69, 9.17) is 0 Å². The van der Waals surface area contributed by atoms with Crippen LogP contribution in [-0.4, -0.2) is 27.6 Å². The molecule has 3 aromatic rings. The van der Waals surface area contributed by atoms with Crippen LogP contribution >= 0.6 is 0 Å². The van der Waals surface area contributed by atoms with Crippen molar-refractivity contribution in [2.75, 3.05) is 18.4 Å². The van der Waals surface area contributed by atoms with Gasteiger partial charge in [-0.3, -0.25) is 0 Å². The third-order valence-electron chi connectivity index (χ3n) is 4.47. The lowest BCUT2D eigenvalue weighted by Gasteiger charge is -2.27. The molecule has 0 atom stereocenters. The number of anilines is 1. The van der Waals surface area contributed by atoms with E-state index < -0.39 is 11.6 Å². The Balaban J connectivity index is 1.54. The lowest BCUT2D eigenvalue weighted by Crippen LogP contribution is -2.40. The highest BCUT2D eigenvalue weighted by Crippen LogP contribution is 2.25. The van der Waals surface area contributed by atoms with Gasteiger partial charge in [0.2, 0.25) is 0 Å². The predicted octanol–water partition coefficient (Wildman–Crippen LogP) is 2.55. The SMILES string of the molecule is Cn1cnc2cnc(NCc3c(F)cc(C4CNC4)cc3F)cc21. The van der Waals surface area contributed by atoms with Gasteiger partial charge in [0.15, 0.2) is 0 Å². The molecule has 0 spiro atoms. The predicted molar refractivity (Wildman–Crippen MR) is 87.8 cm³/mol. The molecular weight excluding hydrogens is 312 g/mol. The monoisotopic (exact) mass is 329 g/mol. The highest BCUT2D eigenvalue weighted by Gasteiger charge is 2.22. The summed E-state index contributed by atoms with van der Waals surface area (Å²) in [7, 11) is 1.88. The van der Waals surface area contributed by atoms with E-state index in [1.165, 1.54) is 12.1 Å². The first-order chi connectivity index (χ1) is 11.6. The molecule has 7 heteroatoms. The van der Waals surface area contributed by atoms with Crippen molar-refractivity contribution in [1.82, 2.24) is 19.9 Å². The third kappa shape index (κ3) is 2.60. The number of aryl methyl sites for hydroxylation is 1. The van der Waals surface area contributed by atoms with Crippen molar-refractivity contribution < 1.29 is 8.78 Å². The van der Waals surface area contributed by atoms with Gasteiger partial charge in [-0.2, -0.15) is 0 Å². The van der Waals surface area contributed by atoms with Crippen LogP contribution < -0.4 is 10.6 Å². The van der Waals surface area contributed by atoms with Crippen LogP contribution in [0.5, 0.6) is 0 Å². The van der Waals surface area contributed by atoms with Crippen LogP contribution in [-0.2, 0) is 13.6 Å². The van der Waals surface area contributed by atoms with Crippen molar-refractivity contribution in [2.45, 2.75) is 12.5 Å². The highest BCUT2D eigenvalue weighted by atomic mass is 19.1. The average molecular weight is 329 g/mol. The van der Waals surface area contributed by atoms with E-state index in [2.05, 4.69) is 20.6 Å². The maximum Gasteiger partial charge on any atom is 0.131 e. The number of nitrogens with zero attached hydrogens (tertiary/aromatic N) is 3. The van der Waals surface area contributed by atoms with Gasteiger partial charge in [0.25, 0.3) is 0 Å². The summed E-state index contributed by atoms with van der Waals surface area (Å²) >= 11 is 0. The van der Waals surface area contributed by atoms with E-state index in [0.29, 0.717) is 11.4 Å². The van der Waals surface area contributed by atoms with Crippen molar-refractivity contribution >= 4 is 16.9 Å². The Bertz CT molecular complexity index is 878. The molecule has 1 saturated heterocycles. The van der Waals surface area contributed by atoms with Crippen molar-refractivity contribution in [3.8, 4) is 0 Å². The summed E-state index contributed by atoms with van der Waals surface area (Å²) in [6, 6.07) is 4.68. The Morgan fingerprint density at radius 1 is 1.21 bits per heavy atom. The fourth-order valence-corrected chi connectivity index (χ4v) is 2.86. The largest absolute Gasteiger partial charge is 0.366 e. The lowest BCUT2D eigenvalue weighted by atomic mass is 9.92. The summed E-state index contributed by atoms with van der Waals surface area (Å²) in [6.45, 7) is 1.58. The van der Waals surface area contributed by atoms with E-state index in [1.807, 2.05) is 17.7 Å². The van der Waals surface area contributed by atoms with Crippen molar-refractivity contribution in [1.29, 1.82) is 0 Å². The Morgan fingerprint density at radius 3 is 2.62 bits per heavy atom. The van der Waals surface area contributed by atoms with Crippen LogP contribution in [0.2, 0.25) is 0 Å². The second kappa shape index (κ2) is 5.83. The fraction of sp³-hybridized carbons (Fsp3) is 0.294. The molecule has 0 amide bonds. The zero-order chi connectivity index (χ0) is 16.7. The van der Waals surface area contributed by atoms with E-state index in [-0.39, 0.29) is 18.0 Å². The van der Waals surface area contributed by atoms with E-state index in [9.17, 15) is 8.78 Å². The van der Waals surface area contributed by atoms with Gasteiger partial charge in [-0.1, -0.05) is 0 Å². The quantitative estimate of drug-likeness (QED) is 0.772. The summed E-state index contributed by atoms with van der Waals surface area (Å²) < 4.78 is 30.4. The molecular formula is C17H17F2N5. The van der Waals surface area contributed by atoms with Crippen LogP contribution in [0.25, 0.3) is 11.0 Å². The Labute approximate surface area is 137 Å². The van der Waals surface area contributed by atoms with Crippen LogP contribution in [0, 0.1) is 11.6 Å². The minimum Gasteiger partial charge on any atom is -0.366 e. The van der Waals surface area contributed by atoms with E-state index in [0.717, 1.165) is 24.1 Å². The third-order valence-corrected chi connectivity index (χ3v) is 4.47. The number of nitrogens with one attached hydrogen (secondary N) is 2. The van der Waals surface area contributed by atoms with Crippen LogP contribution in [0.15, 0.2) is 30.7 Å². The van der Waals surface area contributed by atoms with Gasteiger partial charge in [0.1, 0.15) is 23.0 Å². The van der Waals surface area contributed by atoms with E-state index >= 15 is 0 Å². The van der Waals surface area contributed by atoms with Gasteiger partial charge in [0.05, 0.1) is 18.0 Å². The zero-order valence-corrected chi connectivity index (χ0v) is 13.2. The molecule has 1 aromatic carbocycles. The Morgan fingerprint density at radius 2 is 1.96 bits per heavy atom. The number of aromatic nitrogens is 3. The topological polar surface area (TPSA) is 54.8 Å². The van der Waals surface area contributed by atoms with Gasteiger partial charge < -0.3 is 15.2 Å². The first-order valence-electron chi connectivity index (χ1n) is 7.81. The number of halogens is 2. The molecule has 1 fully saturated rings. The minimum absolute atomic E-state index is 0.0259. The second-order valence-corrected chi connectivity index (χ2v) is 6.09. The smallest absolute Gasteiger partial charge is 0.131 e. The summed E-state index contributed by atoms with van der Waals surface area (Å²) in [6.07, 6.45) is 3.33. The highest BCUT2D eigenvalue weighted by molar-refractivity contribution is 5.77. The molecule has 24 heavy (non-hydrogen) atoms. The molecule has 2 aromatic heterocycles. The molecule has 5 nitrogen and oxygen atoms in total. The van der Waals surface area contributed by atoms with E-state index in [1.54, 1.807) is 12.5 Å². The molecule has 4 rings (SSSR count). The van der Waals surface area contributed by atoms with Crippen LogP contribution in [0.1, 0.15) is 17.0 Å². The second-order valence-electron chi connectivity index (χ2n) is 6.09. The number of hydrogen-bond donors (Lipinski definition) is 2. The van der Waals surface area contributed by atoms with Gasteiger partial charge in [-0.05, 0) is 17.7 Å². The molecule has 0 unspecified atom stereocenters. The van der Waals surface area contributed by atoms with Crippen LogP contribution in [0.3, 0.4) is 0 Å². The molecule has 1 aliphatic rings. The maximum atomic E-state index is 14.3. The minimum atomic E-state index is -0.522. The van der Waals surface area contributed by atoms with Gasteiger partial charge in [0, 0.05) is 44.2 Å². The lowest BCUT2D eigenvalue weighted by molar-refractivity contribution is 0.442. The number of benzene rings is 1. The maximum absolute atomic E-state index is 14.3.